The van der Waals surface area contributed by atoms with Gasteiger partial charge in [-0.1, -0.05) is 76.8 Å². The summed E-state index contributed by atoms with van der Waals surface area (Å²) in [5.41, 5.74) is 0.599. The van der Waals surface area contributed by atoms with Crippen LogP contribution >= 0.6 is 15.9 Å². The van der Waals surface area contributed by atoms with E-state index in [2.05, 4.69) is 33.5 Å². The average Bonchev–Trinajstić information content (AvgIpc) is 2.61. The molecular formula is C20H31BrN2O2. The normalized spacial score (nSPS) is 10.5. The summed E-state index contributed by atoms with van der Waals surface area (Å²) >= 11 is 3.34. The van der Waals surface area contributed by atoms with E-state index in [1.165, 1.54) is 51.4 Å². The van der Waals surface area contributed by atoms with Gasteiger partial charge in [0.1, 0.15) is 0 Å². The molecule has 0 saturated carbocycles. The first kappa shape index (κ1) is 21.7. The molecule has 0 atom stereocenters. The molecule has 0 unspecified atom stereocenters. The molecule has 5 heteroatoms. The zero-order valence-corrected chi connectivity index (χ0v) is 16.9. The smallest absolute Gasteiger partial charge is 0.313 e. The van der Waals surface area contributed by atoms with E-state index in [4.69, 9.17) is 0 Å². The molecule has 1 aromatic carbocycles. The molecule has 25 heavy (non-hydrogen) atoms. The zero-order chi connectivity index (χ0) is 18.3. The number of anilines is 1. The van der Waals surface area contributed by atoms with Crippen LogP contribution in [0.15, 0.2) is 28.7 Å². The maximum absolute atomic E-state index is 11.8. The summed E-state index contributed by atoms with van der Waals surface area (Å²) in [6.45, 7) is 2.79. The summed E-state index contributed by atoms with van der Waals surface area (Å²) in [4.78, 5) is 23.6. The molecule has 4 nitrogen and oxygen atoms in total. The van der Waals surface area contributed by atoms with Crippen molar-refractivity contribution in [2.75, 3.05) is 11.9 Å². The van der Waals surface area contributed by atoms with E-state index in [-0.39, 0.29) is 0 Å². The minimum Gasteiger partial charge on any atom is -0.348 e. The number of amides is 2. The molecule has 2 amide bonds. The second-order valence-corrected chi connectivity index (χ2v) is 7.23. The van der Waals surface area contributed by atoms with Crippen LogP contribution < -0.4 is 10.6 Å². The van der Waals surface area contributed by atoms with E-state index in [1.807, 2.05) is 18.2 Å². The number of nitrogens with one attached hydrogen (secondary N) is 2. The lowest BCUT2D eigenvalue weighted by molar-refractivity contribution is -0.136. The fourth-order valence-corrected chi connectivity index (χ4v) is 3.02. The highest BCUT2D eigenvalue weighted by atomic mass is 79.9. The van der Waals surface area contributed by atoms with Crippen LogP contribution in [-0.4, -0.2) is 18.4 Å². The van der Waals surface area contributed by atoms with E-state index < -0.39 is 11.8 Å². The minimum atomic E-state index is -0.626. The number of benzene rings is 1. The maximum Gasteiger partial charge on any atom is 0.313 e. The van der Waals surface area contributed by atoms with Crippen molar-refractivity contribution in [3.63, 3.8) is 0 Å². The van der Waals surface area contributed by atoms with E-state index in [0.29, 0.717) is 12.2 Å². The van der Waals surface area contributed by atoms with Gasteiger partial charge in [0.25, 0.3) is 0 Å². The van der Waals surface area contributed by atoms with Crippen LogP contribution in [0.25, 0.3) is 0 Å². The summed E-state index contributed by atoms with van der Waals surface area (Å²) in [6.07, 6.45) is 12.5. The Labute approximate surface area is 160 Å². The largest absolute Gasteiger partial charge is 0.348 e. The highest BCUT2D eigenvalue weighted by Gasteiger charge is 2.13. The van der Waals surface area contributed by atoms with E-state index in [0.717, 1.165) is 17.3 Å². The molecule has 0 saturated heterocycles. The summed E-state index contributed by atoms with van der Waals surface area (Å²) in [7, 11) is 0. The number of para-hydroxylation sites is 1. The van der Waals surface area contributed by atoms with Crippen LogP contribution in [0, 0.1) is 0 Å². The van der Waals surface area contributed by atoms with Crippen molar-refractivity contribution in [1.29, 1.82) is 0 Å². The Bertz CT molecular complexity index is 520. The summed E-state index contributed by atoms with van der Waals surface area (Å²) < 4.78 is 0.755. The Morgan fingerprint density at radius 2 is 1.40 bits per heavy atom. The van der Waals surface area contributed by atoms with Gasteiger partial charge < -0.3 is 10.6 Å². The number of carbonyl (C=O) groups is 2. The lowest BCUT2D eigenvalue weighted by Crippen LogP contribution is -2.35. The lowest BCUT2D eigenvalue weighted by atomic mass is 10.1. The van der Waals surface area contributed by atoms with Gasteiger partial charge in [0.15, 0.2) is 0 Å². The average molecular weight is 411 g/mol. The third kappa shape index (κ3) is 10.3. The SMILES string of the molecule is CCCCCCCCCCCCNC(=O)C(=O)Nc1ccccc1Br. The Kier molecular flexibility index (Phi) is 12.0. The number of hydrogen-bond acceptors (Lipinski definition) is 2. The van der Waals surface area contributed by atoms with Crippen molar-refractivity contribution in [1.82, 2.24) is 5.32 Å². The lowest BCUT2D eigenvalue weighted by Gasteiger charge is -2.08. The number of halogens is 1. The van der Waals surface area contributed by atoms with Gasteiger partial charge in [0.05, 0.1) is 5.69 Å². The first-order valence-corrected chi connectivity index (χ1v) is 10.3. The number of carbonyl (C=O) groups excluding carboxylic acids is 2. The van der Waals surface area contributed by atoms with Gasteiger partial charge in [-0.2, -0.15) is 0 Å². The fourth-order valence-electron chi connectivity index (χ4n) is 2.64. The maximum atomic E-state index is 11.8. The zero-order valence-electron chi connectivity index (χ0n) is 15.3. The molecule has 0 aliphatic carbocycles. The van der Waals surface area contributed by atoms with Crippen molar-refractivity contribution in [3.8, 4) is 0 Å². The summed E-state index contributed by atoms with van der Waals surface area (Å²) in [6, 6.07) is 7.22. The Morgan fingerprint density at radius 3 is 2.00 bits per heavy atom. The van der Waals surface area contributed by atoms with Gasteiger partial charge in [-0.25, -0.2) is 0 Å². The monoisotopic (exact) mass is 410 g/mol. The van der Waals surface area contributed by atoms with Gasteiger partial charge in [-0.05, 0) is 34.5 Å². The van der Waals surface area contributed by atoms with Gasteiger partial charge >= 0.3 is 11.8 Å². The topological polar surface area (TPSA) is 58.2 Å². The summed E-state index contributed by atoms with van der Waals surface area (Å²) in [5.74, 6) is -1.20. The first-order chi connectivity index (χ1) is 12.1. The van der Waals surface area contributed by atoms with Crippen LogP contribution in [0.1, 0.15) is 71.1 Å². The van der Waals surface area contributed by atoms with E-state index >= 15 is 0 Å². The molecule has 140 valence electrons. The summed E-state index contributed by atoms with van der Waals surface area (Å²) in [5, 5.41) is 5.28. The van der Waals surface area contributed by atoms with E-state index in [1.54, 1.807) is 6.07 Å². The molecule has 2 N–H and O–H groups in total. The predicted molar refractivity (Wildman–Crippen MR) is 108 cm³/mol. The third-order valence-corrected chi connectivity index (χ3v) is 4.84. The quantitative estimate of drug-likeness (QED) is 0.356. The second kappa shape index (κ2) is 13.9. The first-order valence-electron chi connectivity index (χ1n) is 9.49. The van der Waals surface area contributed by atoms with Crippen LogP contribution in [0.2, 0.25) is 0 Å². The molecule has 0 bridgehead atoms. The molecule has 0 heterocycles. The van der Waals surface area contributed by atoms with Gasteiger partial charge in [-0.15, -0.1) is 0 Å². The van der Waals surface area contributed by atoms with Crippen molar-refractivity contribution < 1.29 is 9.59 Å². The van der Waals surface area contributed by atoms with Crippen LogP contribution in [0.5, 0.6) is 0 Å². The van der Waals surface area contributed by atoms with Gasteiger partial charge in [0, 0.05) is 11.0 Å². The molecular weight excluding hydrogens is 380 g/mol. The Hall–Kier alpha value is -1.36. The predicted octanol–water partition coefficient (Wildman–Crippen LogP) is 5.42. The van der Waals surface area contributed by atoms with Gasteiger partial charge in [-0.3, -0.25) is 9.59 Å². The van der Waals surface area contributed by atoms with Crippen LogP contribution in [0.3, 0.4) is 0 Å². The molecule has 0 radical (unpaired) electrons. The number of unbranched alkanes of at least 4 members (excludes halogenated alkanes) is 9. The Balaban J connectivity index is 2.01. The molecule has 0 fully saturated rings. The van der Waals surface area contributed by atoms with Crippen molar-refractivity contribution >= 4 is 33.4 Å². The Morgan fingerprint density at radius 1 is 0.840 bits per heavy atom. The number of hydrogen-bond donors (Lipinski definition) is 2. The molecule has 0 spiro atoms. The highest BCUT2D eigenvalue weighted by molar-refractivity contribution is 9.10. The minimum absolute atomic E-state index is 0.554. The van der Waals surface area contributed by atoms with Crippen LogP contribution in [0.4, 0.5) is 5.69 Å². The molecule has 0 aromatic heterocycles. The number of rotatable bonds is 12. The molecule has 0 aliphatic heterocycles. The van der Waals surface area contributed by atoms with Gasteiger partial charge in [0.2, 0.25) is 0 Å². The highest BCUT2D eigenvalue weighted by Crippen LogP contribution is 2.20. The van der Waals surface area contributed by atoms with Crippen molar-refractivity contribution in [3.05, 3.63) is 28.7 Å². The molecule has 0 aliphatic rings. The second-order valence-electron chi connectivity index (χ2n) is 6.37. The van der Waals surface area contributed by atoms with Crippen molar-refractivity contribution in [2.24, 2.45) is 0 Å². The molecule has 1 aromatic rings. The standard InChI is InChI=1S/C20H31BrN2O2/c1-2-3-4-5-6-7-8-9-10-13-16-22-19(24)20(25)23-18-15-12-11-14-17(18)21/h11-12,14-15H,2-10,13,16H2,1H3,(H,22,24)(H,23,25). The fraction of sp³-hybridized carbons (Fsp3) is 0.600. The third-order valence-electron chi connectivity index (χ3n) is 4.14. The molecule has 1 rings (SSSR count). The van der Waals surface area contributed by atoms with Crippen LogP contribution in [-0.2, 0) is 9.59 Å². The van der Waals surface area contributed by atoms with E-state index in [9.17, 15) is 9.59 Å². The van der Waals surface area contributed by atoms with Crippen molar-refractivity contribution in [2.45, 2.75) is 71.1 Å².